The van der Waals surface area contributed by atoms with Crippen LogP contribution in [0.2, 0.25) is 0 Å². The predicted molar refractivity (Wildman–Crippen MR) is 140 cm³/mol. The Hall–Kier alpha value is -3.01. The molecule has 1 amide bonds. The Labute approximate surface area is 209 Å². The zero-order valence-corrected chi connectivity index (χ0v) is 21.2. The summed E-state index contributed by atoms with van der Waals surface area (Å²) >= 11 is 4.35. The molecule has 5 rings (SSSR count). The zero-order valence-electron chi connectivity index (χ0n) is 18.7. The number of nitrogens with zero attached hydrogens (tertiary/aromatic N) is 2. The largest absolute Gasteiger partial charge is 0.494 e. The Kier molecular flexibility index (Phi) is 6.49. The molecule has 2 aromatic carbocycles. The van der Waals surface area contributed by atoms with Crippen LogP contribution in [0.25, 0.3) is 16.3 Å². The summed E-state index contributed by atoms with van der Waals surface area (Å²) in [5.41, 5.74) is 4.11. The molecule has 1 saturated heterocycles. The highest BCUT2D eigenvalue weighted by atomic mass is 32.2. The number of hydrogen-bond acceptors (Lipinski definition) is 8. The molecule has 0 atom stereocenters. The Morgan fingerprint density at radius 2 is 2.03 bits per heavy atom. The van der Waals surface area contributed by atoms with Gasteiger partial charge in [0.05, 0.1) is 27.4 Å². The van der Waals surface area contributed by atoms with Gasteiger partial charge in [-0.1, -0.05) is 6.07 Å². The van der Waals surface area contributed by atoms with Crippen LogP contribution in [-0.4, -0.2) is 22.7 Å². The molecular weight excluding hydrogens is 486 g/mol. The maximum absolute atomic E-state index is 12.4. The van der Waals surface area contributed by atoms with Gasteiger partial charge in [-0.3, -0.25) is 4.79 Å². The number of fused-ring (bicyclic) bond motifs is 1. The number of thiazole rings is 1. The fourth-order valence-corrected chi connectivity index (χ4v) is 6.08. The number of thioether (sulfide) groups is 1. The summed E-state index contributed by atoms with van der Waals surface area (Å²) in [5, 5.41) is 4.09. The number of carbonyl (C=O) groups excluding carboxylic acids is 1. The Balaban J connectivity index is 1.29. The molecule has 34 heavy (non-hydrogen) atoms. The second kappa shape index (κ2) is 9.69. The third kappa shape index (κ3) is 5.06. The van der Waals surface area contributed by atoms with Gasteiger partial charge in [0.25, 0.3) is 5.91 Å². The van der Waals surface area contributed by atoms with Crippen molar-refractivity contribution >= 4 is 67.9 Å². The molecule has 0 spiro atoms. The quantitative estimate of drug-likeness (QED) is 0.285. The third-order valence-corrected chi connectivity index (χ3v) is 8.00. The molecular formula is C25H21N3O3S3. The Morgan fingerprint density at radius 3 is 2.85 bits per heavy atom. The summed E-state index contributed by atoms with van der Waals surface area (Å²) in [4.78, 5) is 22.2. The van der Waals surface area contributed by atoms with Gasteiger partial charge in [-0.25, -0.2) is 9.98 Å². The topological polar surface area (TPSA) is 76.7 Å². The van der Waals surface area contributed by atoms with Crippen LogP contribution >= 0.6 is 34.9 Å². The number of amides is 1. The highest BCUT2D eigenvalue weighted by Crippen LogP contribution is 2.37. The number of ether oxygens (including phenoxy) is 1. The van der Waals surface area contributed by atoms with Crippen molar-refractivity contribution in [3.8, 4) is 5.75 Å². The van der Waals surface area contributed by atoms with Gasteiger partial charge in [0.1, 0.15) is 11.5 Å². The fourth-order valence-electron chi connectivity index (χ4n) is 3.26. The SMILES string of the molecule is CCOc1ccc2nc(Sc3ccc(/C=C4\SC(=Nc5ccc(C)c(C)c5)NC4=O)o3)sc2c1. The van der Waals surface area contributed by atoms with Crippen molar-refractivity contribution in [2.45, 2.75) is 30.2 Å². The zero-order chi connectivity index (χ0) is 23.7. The number of furan rings is 1. The minimum Gasteiger partial charge on any atom is -0.494 e. The molecule has 172 valence electrons. The predicted octanol–water partition coefficient (Wildman–Crippen LogP) is 6.95. The normalized spacial score (nSPS) is 16.0. The molecule has 1 fully saturated rings. The summed E-state index contributed by atoms with van der Waals surface area (Å²) in [6.07, 6.45) is 1.74. The third-order valence-electron chi connectivity index (χ3n) is 5.09. The summed E-state index contributed by atoms with van der Waals surface area (Å²) in [5.74, 6) is 1.26. The highest BCUT2D eigenvalue weighted by Gasteiger charge is 2.24. The smallest absolute Gasteiger partial charge is 0.264 e. The van der Waals surface area contributed by atoms with Crippen molar-refractivity contribution in [1.82, 2.24) is 10.3 Å². The summed E-state index contributed by atoms with van der Waals surface area (Å²) in [6, 6.07) is 15.6. The molecule has 0 unspecified atom stereocenters. The van der Waals surface area contributed by atoms with Gasteiger partial charge < -0.3 is 14.5 Å². The van der Waals surface area contributed by atoms with Crippen LogP contribution in [-0.2, 0) is 4.79 Å². The molecule has 0 saturated carbocycles. The van der Waals surface area contributed by atoms with Crippen LogP contribution in [0.4, 0.5) is 5.69 Å². The van der Waals surface area contributed by atoms with E-state index in [4.69, 9.17) is 9.15 Å². The average Bonchev–Trinajstić information content (AvgIpc) is 3.50. The van der Waals surface area contributed by atoms with Crippen LogP contribution < -0.4 is 10.1 Å². The second-order valence-electron chi connectivity index (χ2n) is 7.55. The van der Waals surface area contributed by atoms with E-state index in [1.807, 2.05) is 62.4 Å². The number of aromatic nitrogens is 1. The molecule has 3 heterocycles. The number of benzene rings is 2. The monoisotopic (exact) mass is 507 g/mol. The van der Waals surface area contributed by atoms with E-state index in [0.29, 0.717) is 27.5 Å². The molecule has 9 heteroatoms. The van der Waals surface area contributed by atoms with E-state index in [0.717, 1.165) is 31.6 Å². The second-order valence-corrected chi connectivity index (χ2v) is 10.9. The van der Waals surface area contributed by atoms with Gasteiger partial charge in [-0.15, -0.1) is 11.3 Å². The lowest BCUT2D eigenvalue weighted by molar-refractivity contribution is -0.115. The number of carbonyl (C=O) groups is 1. The number of aliphatic imine (C=N–C) groups is 1. The molecule has 4 aromatic rings. The number of rotatable bonds is 6. The molecule has 1 aliphatic rings. The number of hydrogen-bond donors (Lipinski definition) is 1. The van der Waals surface area contributed by atoms with Crippen molar-refractivity contribution in [1.29, 1.82) is 0 Å². The van der Waals surface area contributed by atoms with E-state index in [1.165, 1.54) is 29.1 Å². The Bertz CT molecular complexity index is 1450. The summed E-state index contributed by atoms with van der Waals surface area (Å²) < 4.78 is 13.5. The molecule has 0 radical (unpaired) electrons. The van der Waals surface area contributed by atoms with Crippen molar-refractivity contribution in [2.24, 2.45) is 4.99 Å². The van der Waals surface area contributed by atoms with Gasteiger partial charge in [-0.2, -0.15) is 0 Å². The molecule has 0 aliphatic carbocycles. The van der Waals surface area contributed by atoms with Gasteiger partial charge in [-0.05, 0) is 97.9 Å². The first kappa shape index (κ1) is 22.8. The van der Waals surface area contributed by atoms with Crippen molar-refractivity contribution < 1.29 is 13.9 Å². The summed E-state index contributed by atoms with van der Waals surface area (Å²) in [7, 11) is 0. The first-order chi connectivity index (χ1) is 16.5. The van der Waals surface area contributed by atoms with Crippen molar-refractivity contribution in [3.63, 3.8) is 0 Å². The molecule has 2 aromatic heterocycles. The molecule has 0 bridgehead atoms. The standard InChI is InChI=1S/C25H21N3O3S3/c1-4-30-17-7-9-19-20(12-17)33-25(27-19)34-22-10-8-18(31-22)13-21-23(29)28-24(32-21)26-16-6-5-14(2)15(3)11-16/h5-13H,4H2,1-3H3,(H,26,28,29)/b21-13-. The fraction of sp³-hybridized carbons (Fsp3) is 0.160. The number of nitrogens with one attached hydrogen (secondary N) is 1. The van der Waals surface area contributed by atoms with E-state index in [9.17, 15) is 4.79 Å². The van der Waals surface area contributed by atoms with Crippen LogP contribution in [0.5, 0.6) is 5.75 Å². The minimum atomic E-state index is -0.186. The van der Waals surface area contributed by atoms with Gasteiger partial charge in [0.2, 0.25) is 0 Å². The lowest BCUT2D eigenvalue weighted by Gasteiger charge is -2.01. The van der Waals surface area contributed by atoms with Gasteiger partial charge in [0.15, 0.2) is 14.6 Å². The first-order valence-corrected chi connectivity index (χ1v) is 13.1. The Morgan fingerprint density at radius 1 is 1.15 bits per heavy atom. The van der Waals surface area contributed by atoms with Crippen LogP contribution in [0, 0.1) is 13.8 Å². The highest BCUT2D eigenvalue weighted by molar-refractivity contribution is 8.18. The van der Waals surface area contributed by atoms with E-state index in [-0.39, 0.29) is 5.91 Å². The number of aryl methyl sites for hydroxylation is 2. The van der Waals surface area contributed by atoms with Crippen molar-refractivity contribution in [3.05, 3.63) is 70.3 Å². The lowest BCUT2D eigenvalue weighted by atomic mass is 10.1. The van der Waals surface area contributed by atoms with Gasteiger partial charge in [0, 0.05) is 6.08 Å². The van der Waals surface area contributed by atoms with Crippen LogP contribution in [0.15, 0.2) is 72.3 Å². The maximum Gasteiger partial charge on any atom is 0.264 e. The van der Waals surface area contributed by atoms with Crippen LogP contribution in [0.3, 0.4) is 0 Å². The average molecular weight is 508 g/mol. The maximum atomic E-state index is 12.4. The van der Waals surface area contributed by atoms with Crippen molar-refractivity contribution in [2.75, 3.05) is 6.61 Å². The van der Waals surface area contributed by atoms with Crippen LogP contribution in [0.1, 0.15) is 23.8 Å². The molecule has 6 nitrogen and oxygen atoms in total. The van der Waals surface area contributed by atoms with Gasteiger partial charge >= 0.3 is 0 Å². The first-order valence-electron chi connectivity index (χ1n) is 10.6. The molecule has 1 aliphatic heterocycles. The van der Waals surface area contributed by atoms with E-state index in [2.05, 4.69) is 22.2 Å². The summed E-state index contributed by atoms with van der Waals surface area (Å²) in [6.45, 7) is 6.70. The van der Waals surface area contributed by atoms with E-state index < -0.39 is 0 Å². The number of amidine groups is 1. The lowest BCUT2D eigenvalue weighted by Crippen LogP contribution is -2.19. The minimum absolute atomic E-state index is 0.186. The van der Waals surface area contributed by atoms with E-state index in [1.54, 1.807) is 17.4 Å². The van der Waals surface area contributed by atoms with E-state index >= 15 is 0 Å². The molecule has 1 N–H and O–H groups in total.